The third kappa shape index (κ3) is 3.94. The van der Waals surface area contributed by atoms with Crippen molar-refractivity contribution in [3.05, 3.63) is 47.9 Å². The van der Waals surface area contributed by atoms with Crippen molar-refractivity contribution in [2.75, 3.05) is 19.7 Å². The Bertz CT molecular complexity index is 681. The first-order valence-corrected chi connectivity index (χ1v) is 8.38. The second-order valence-electron chi connectivity index (χ2n) is 6.14. The lowest BCUT2D eigenvalue weighted by molar-refractivity contribution is 0.0929. The smallest absolute Gasteiger partial charge is 0.268 e. The average Bonchev–Trinajstić information content (AvgIpc) is 3.18. The Kier molecular flexibility index (Phi) is 5.15. The van der Waals surface area contributed by atoms with Crippen LogP contribution in [0.1, 0.15) is 29.4 Å². The van der Waals surface area contributed by atoms with E-state index in [-0.39, 0.29) is 11.9 Å². The SMILES string of the molecule is CCOc1ccc(CN2CCC(NC(=O)c3cccn3C)C2)cn1. The van der Waals surface area contributed by atoms with E-state index in [1.807, 2.05) is 55.2 Å². The van der Waals surface area contributed by atoms with E-state index >= 15 is 0 Å². The number of nitrogens with one attached hydrogen (secondary N) is 1. The van der Waals surface area contributed by atoms with E-state index in [1.165, 1.54) is 0 Å². The van der Waals surface area contributed by atoms with E-state index in [9.17, 15) is 4.79 Å². The van der Waals surface area contributed by atoms with E-state index in [4.69, 9.17) is 4.74 Å². The Balaban J connectivity index is 1.50. The molecule has 0 aliphatic carbocycles. The van der Waals surface area contributed by atoms with E-state index in [2.05, 4.69) is 15.2 Å². The third-order valence-corrected chi connectivity index (χ3v) is 4.28. The number of likely N-dealkylation sites (tertiary alicyclic amines) is 1. The zero-order chi connectivity index (χ0) is 16.9. The summed E-state index contributed by atoms with van der Waals surface area (Å²) in [4.78, 5) is 18.9. The number of rotatable bonds is 6. The van der Waals surface area contributed by atoms with Crippen LogP contribution in [0.3, 0.4) is 0 Å². The molecule has 1 aliphatic heterocycles. The van der Waals surface area contributed by atoms with Gasteiger partial charge in [-0.1, -0.05) is 6.07 Å². The minimum absolute atomic E-state index is 0.00270. The highest BCUT2D eigenvalue weighted by Crippen LogP contribution is 2.15. The first-order valence-electron chi connectivity index (χ1n) is 8.38. The molecule has 6 nitrogen and oxygen atoms in total. The van der Waals surface area contributed by atoms with Crippen LogP contribution in [-0.4, -0.2) is 46.1 Å². The van der Waals surface area contributed by atoms with Gasteiger partial charge in [-0.3, -0.25) is 9.69 Å². The summed E-state index contributed by atoms with van der Waals surface area (Å²) in [5.74, 6) is 0.660. The number of ether oxygens (including phenoxy) is 1. The summed E-state index contributed by atoms with van der Waals surface area (Å²) in [6.45, 7) is 5.26. The second-order valence-corrected chi connectivity index (χ2v) is 6.14. The number of hydrogen-bond acceptors (Lipinski definition) is 4. The van der Waals surface area contributed by atoms with Gasteiger partial charge in [-0.15, -0.1) is 0 Å². The zero-order valence-electron chi connectivity index (χ0n) is 14.2. The van der Waals surface area contributed by atoms with Crippen LogP contribution < -0.4 is 10.1 Å². The lowest BCUT2D eigenvalue weighted by Crippen LogP contribution is -2.37. The fourth-order valence-corrected chi connectivity index (χ4v) is 3.05. The van der Waals surface area contributed by atoms with E-state index < -0.39 is 0 Å². The van der Waals surface area contributed by atoms with Crippen molar-refractivity contribution < 1.29 is 9.53 Å². The number of hydrogen-bond donors (Lipinski definition) is 1. The third-order valence-electron chi connectivity index (χ3n) is 4.28. The number of aromatic nitrogens is 2. The summed E-state index contributed by atoms with van der Waals surface area (Å²) in [7, 11) is 1.88. The van der Waals surface area contributed by atoms with Gasteiger partial charge < -0.3 is 14.6 Å². The van der Waals surface area contributed by atoms with Crippen molar-refractivity contribution in [2.24, 2.45) is 7.05 Å². The number of nitrogens with zero attached hydrogens (tertiary/aromatic N) is 3. The fraction of sp³-hybridized carbons (Fsp3) is 0.444. The molecule has 1 amide bonds. The quantitative estimate of drug-likeness (QED) is 0.879. The van der Waals surface area contributed by atoms with Crippen LogP contribution in [-0.2, 0) is 13.6 Å². The monoisotopic (exact) mass is 328 g/mol. The highest BCUT2D eigenvalue weighted by atomic mass is 16.5. The molecule has 1 unspecified atom stereocenters. The molecule has 0 bridgehead atoms. The van der Waals surface area contributed by atoms with Gasteiger partial charge in [0.1, 0.15) is 5.69 Å². The van der Waals surface area contributed by atoms with Crippen molar-refractivity contribution >= 4 is 5.91 Å². The molecule has 0 spiro atoms. The highest BCUT2D eigenvalue weighted by Gasteiger charge is 2.24. The topological polar surface area (TPSA) is 59.4 Å². The normalized spacial score (nSPS) is 17.8. The van der Waals surface area contributed by atoms with Crippen LogP contribution in [0.25, 0.3) is 0 Å². The molecule has 0 aromatic carbocycles. The van der Waals surface area contributed by atoms with Gasteiger partial charge in [0.05, 0.1) is 6.61 Å². The van der Waals surface area contributed by atoms with Gasteiger partial charge in [-0.05, 0) is 31.0 Å². The van der Waals surface area contributed by atoms with Gasteiger partial charge >= 0.3 is 0 Å². The van der Waals surface area contributed by atoms with Crippen molar-refractivity contribution in [1.82, 2.24) is 19.8 Å². The Morgan fingerprint density at radius 2 is 2.29 bits per heavy atom. The Labute approximate surface area is 142 Å². The van der Waals surface area contributed by atoms with Gasteiger partial charge in [0.25, 0.3) is 5.91 Å². The molecule has 2 aromatic rings. The van der Waals surface area contributed by atoms with Gasteiger partial charge in [-0.2, -0.15) is 0 Å². The van der Waals surface area contributed by atoms with E-state index in [0.29, 0.717) is 18.2 Å². The minimum atomic E-state index is -0.00270. The molecule has 1 atom stereocenters. The van der Waals surface area contributed by atoms with Crippen LogP contribution >= 0.6 is 0 Å². The molecule has 128 valence electrons. The molecule has 3 rings (SSSR count). The summed E-state index contributed by atoms with van der Waals surface area (Å²) in [6, 6.07) is 7.88. The summed E-state index contributed by atoms with van der Waals surface area (Å²) in [5, 5.41) is 3.13. The van der Waals surface area contributed by atoms with Gasteiger partial charge in [-0.25, -0.2) is 4.98 Å². The predicted octanol–water partition coefficient (Wildman–Crippen LogP) is 1.82. The zero-order valence-corrected chi connectivity index (χ0v) is 14.2. The molecular formula is C18H24N4O2. The van der Waals surface area contributed by atoms with E-state index in [0.717, 1.165) is 31.6 Å². The largest absolute Gasteiger partial charge is 0.478 e. The van der Waals surface area contributed by atoms with Crippen LogP contribution in [0.5, 0.6) is 5.88 Å². The maximum absolute atomic E-state index is 12.3. The summed E-state index contributed by atoms with van der Waals surface area (Å²) in [5.41, 5.74) is 1.86. The fourth-order valence-electron chi connectivity index (χ4n) is 3.05. The molecule has 1 fully saturated rings. The van der Waals surface area contributed by atoms with Gasteiger partial charge in [0, 0.05) is 51.2 Å². The van der Waals surface area contributed by atoms with Gasteiger partial charge in [0.15, 0.2) is 0 Å². The second kappa shape index (κ2) is 7.49. The minimum Gasteiger partial charge on any atom is -0.478 e. The Hall–Kier alpha value is -2.34. The van der Waals surface area contributed by atoms with E-state index in [1.54, 1.807) is 0 Å². The molecular weight excluding hydrogens is 304 g/mol. The van der Waals surface area contributed by atoms with Crippen molar-refractivity contribution in [1.29, 1.82) is 0 Å². The molecule has 2 aromatic heterocycles. The number of carbonyl (C=O) groups is 1. The molecule has 0 saturated carbocycles. The van der Waals surface area contributed by atoms with Crippen molar-refractivity contribution in [3.63, 3.8) is 0 Å². The standard InChI is InChI=1S/C18H24N4O2/c1-3-24-17-7-6-14(11-19-17)12-22-10-8-15(13-22)20-18(23)16-5-4-9-21(16)2/h4-7,9,11,15H,3,8,10,12-13H2,1-2H3,(H,20,23). The summed E-state index contributed by atoms with van der Waals surface area (Å²) in [6.07, 6.45) is 4.72. The molecule has 1 aliphatic rings. The molecule has 0 radical (unpaired) electrons. The number of aryl methyl sites for hydroxylation is 1. The maximum Gasteiger partial charge on any atom is 0.268 e. The van der Waals surface area contributed by atoms with Crippen LogP contribution in [0, 0.1) is 0 Å². The number of amides is 1. The number of pyridine rings is 1. The average molecular weight is 328 g/mol. The lowest BCUT2D eigenvalue weighted by Gasteiger charge is -2.17. The molecule has 1 N–H and O–H groups in total. The Morgan fingerprint density at radius 3 is 2.96 bits per heavy atom. The molecule has 24 heavy (non-hydrogen) atoms. The molecule has 6 heteroatoms. The van der Waals surface area contributed by atoms with Crippen molar-refractivity contribution in [3.8, 4) is 5.88 Å². The van der Waals surface area contributed by atoms with Crippen LogP contribution in [0.4, 0.5) is 0 Å². The summed E-state index contributed by atoms with van der Waals surface area (Å²) >= 11 is 0. The predicted molar refractivity (Wildman–Crippen MR) is 92.0 cm³/mol. The Morgan fingerprint density at radius 1 is 1.42 bits per heavy atom. The lowest BCUT2D eigenvalue weighted by atomic mass is 10.2. The van der Waals surface area contributed by atoms with Gasteiger partial charge in [0.2, 0.25) is 5.88 Å². The number of carbonyl (C=O) groups excluding carboxylic acids is 1. The first kappa shape index (κ1) is 16.5. The molecule has 1 saturated heterocycles. The van der Waals surface area contributed by atoms with Crippen molar-refractivity contribution in [2.45, 2.75) is 25.9 Å². The molecule has 3 heterocycles. The van der Waals surface area contributed by atoms with Crippen LogP contribution in [0.2, 0.25) is 0 Å². The maximum atomic E-state index is 12.3. The first-order chi connectivity index (χ1) is 11.7. The van der Waals surface area contributed by atoms with Crippen LogP contribution in [0.15, 0.2) is 36.7 Å². The summed E-state index contributed by atoms with van der Waals surface area (Å²) < 4.78 is 7.20. The highest BCUT2D eigenvalue weighted by molar-refractivity contribution is 5.92.